The predicted octanol–water partition coefficient (Wildman–Crippen LogP) is 4.17. The third kappa shape index (κ3) is 6.03. The minimum Gasteiger partial charge on any atom is -0.351 e. The molecule has 3 rings (SSSR count). The number of nitrogens with zero attached hydrogens (tertiary/aromatic N) is 1. The number of amides is 3. The molecular weight excluding hydrogens is 428 g/mol. The number of hydrogen-bond donors (Lipinski definition) is 3. The van der Waals surface area contributed by atoms with Gasteiger partial charge in [-0.1, -0.05) is 57.5 Å². The number of hydrogen-bond acceptors (Lipinski definition) is 4. The summed E-state index contributed by atoms with van der Waals surface area (Å²) in [6.07, 6.45) is 0.486. The molecule has 7 heteroatoms. The van der Waals surface area contributed by atoms with Crippen LogP contribution >= 0.6 is 0 Å². The Balaban J connectivity index is 2.01. The minimum absolute atomic E-state index is 0.0554. The highest BCUT2D eigenvalue weighted by Gasteiger charge is 2.34. The van der Waals surface area contributed by atoms with Gasteiger partial charge in [0.15, 0.2) is 0 Å². The molecule has 1 atom stereocenters. The Morgan fingerprint density at radius 3 is 2.47 bits per heavy atom. The van der Waals surface area contributed by atoms with E-state index in [2.05, 4.69) is 10.6 Å². The van der Waals surface area contributed by atoms with Gasteiger partial charge in [0.05, 0.1) is 23.8 Å². The number of aryl methyl sites for hydroxylation is 1. The first-order valence-electron chi connectivity index (χ1n) is 11.8. The molecule has 0 aromatic heterocycles. The van der Waals surface area contributed by atoms with Crippen LogP contribution in [-0.2, 0) is 9.59 Å². The summed E-state index contributed by atoms with van der Waals surface area (Å²) in [5.74, 6) is -0.343. The van der Waals surface area contributed by atoms with Gasteiger partial charge in [-0.2, -0.15) is 0 Å². The van der Waals surface area contributed by atoms with E-state index in [1.807, 2.05) is 58.9 Å². The lowest BCUT2D eigenvalue weighted by atomic mass is 9.94. The van der Waals surface area contributed by atoms with Crippen molar-refractivity contribution in [1.29, 1.82) is 0 Å². The third-order valence-corrected chi connectivity index (χ3v) is 6.08. The summed E-state index contributed by atoms with van der Waals surface area (Å²) in [5.41, 5.74) is 9.02. The van der Waals surface area contributed by atoms with E-state index in [-0.39, 0.29) is 35.5 Å². The van der Waals surface area contributed by atoms with Crippen LogP contribution < -0.4 is 21.3 Å². The number of benzene rings is 2. The van der Waals surface area contributed by atoms with Crippen molar-refractivity contribution in [3.63, 3.8) is 0 Å². The van der Waals surface area contributed by atoms with Gasteiger partial charge in [-0.3, -0.25) is 14.4 Å². The van der Waals surface area contributed by atoms with E-state index in [1.165, 1.54) is 0 Å². The van der Waals surface area contributed by atoms with Gasteiger partial charge in [-0.15, -0.1) is 0 Å². The summed E-state index contributed by atoms with van der Waals surface area (Å²) in [7, 11) is 0. The van der Waals surface area contributed by atoms with Crippen molar-refractivity contribution in [2.75, 3.05) is 23.3 Å². The molecule has 0 fully saturated rings. The molecular formula is C27H36N4O3. The van der Waals surface area contributed by atoms with Crippen LogP contribution in [0.4, 0.5) is 11.4 Å². The number of rotatable bonds is 7. The van der Waals surface area contributed by atoms with Crippen molar-refractivity contribution in [2.24, 2.45) is 17.1 Å². The van der Waals surface area contributed by atoms with Crippen molar-refractivity contribution in [3.8, 4) is 0 Å². The molecule has 0 saturated heterocycles. The monoisotopic (exact) mass is 464 g/mol. The Morgan fingerprint density at radius 1 is 1.18 bits per heavy atom. The molecule has 0 spiro atoms. The van der Waals surface area contributed by atoms with E-state index in [9.17, 15) is 14.4 Å². The number of nitrogens with two attached hydrogens (primary N) is 1. The molecule has 1 aliphatic rings. The van der Waals surface area contributed by atoms with Gasteiger partial charge in [0.2, 0.25) is 11.8 Å². The lowest BCUT2D eigenvalue weighted by Gasteiger charge is -2.31. The van der Waals surface area contributed by atoms with Crippen molar-refractivity contribution < 1.29 is 14.4 Å². The lowest BCUT2D eigenvalue weighted by Crippen LogP contribution is -2.38. The predicted molar refractivity (Wildman–Crippen MR) is 136 cm³/mol. The fourth-order valence-electron chi connectivity index (χ4n) is 3.93. The summed E-state index contributed by atoms with van der Waals surface area (Å²) in [4.78, 5) is 40.9. The molecule has 1 heterocycles. The fraction of sp³-hybridized carbons (Fsp3) is 0.444. The van der Waals surface area contributed by atoms with Gasteiger partial charge in [0.25, 0.3) is 5.91 Å². The van der Waals surface area contributed by atoms with Crippen molar-refractivity contribution in [3.05, 3.63) is 59.2 Å². The first kappa shape index (κ1) is 25.4. The molecule has 2 aromatic carbocycles. The number of carbonyl (C=O) groups excluding carboxylic acids is 3. The zero-order valence-corrected chi connectivity index (χ0v) is 20.8. The normalized spacial score (nSPS) is 16.0. The van der Waals surface area contributed by atoms with E-state index < -0.39 is 6.04 Å². The molecule has 34 heavy (non-hydrogen) atoms. The molecule has 0 radical (unpaired) electrons. The fourth-order valence-corrected chi connectivity index (χ4v) is 3.93. The largest absolute Gasteiger partial charge is 0.351 e. The van der Waals surface area contributed by atoms with E-state index in [4.69, 9.17) is 5.73 Å². The molecule has 3 amide bonds. The van der Waals surface area contributed by atoms with Crippen LogP contribution in [0, 0.1) is 18.3 Å². The molecule has 0 aliphatic carbocycles. The van der Waals surface area contributed by atoms with Gasteiger partial charge < -0.3 is 21.3 Å². The van der Waals surface area contributed by atoms with Crippen LogP contribution in [0.25, 0.3) is 0 Å². The van der Waals surface area contributed by atoms with Crippen LogP contribution in [0.1, 0.15) is 68.1 Å². The summed E-state index contributed by atoms with van der Waals surface area (Å²) in [5, 5.41) is 5.83. The van der Waals surface area contributed by atoms with Gasteiger partial charge in [-0.05, 0) is 48.6 Å². The van der Waals surface area contributed by atoms with Crippen molar-refractivity contribution in [1.82, 2.24) is 5.32 Å². The van der Waals surface area contributed by atoms with E-state index in [0.29, 0.717) is 36.4 Å². The lowest BCUT2D eigenvalue weighted by molar-refractivity contribution is -0.120. The second kappa shape index (κ2) is 10.4. The van der Waals surface area contributed by atoms with Gasteiger partial charge >= 0.3 is 0 Å². The second-order valence-electron chi connectivity index (χ2n) is 10.3. The summed E-state index contributed by atoms with van der Waals surface area (Å²) >= 11 is 0. The Labute approximate surface area is 202 Å². The number of carbonyl (C=O) groups is 3. The quantitative estimate of drug-likeness (QED) is 0.572. The maximum Gasteiger partial charge on any atom is 0.251 e. The first-order valence-corrected chi connectivity index (χ1v) is 11.8. The zero-order valence-electron chi connectivity index (χ0n) is 20.8. The first-order chi connectivity index (χ1) is 16.0. The third-order valence-electron chi connectivity index (χ3n) is 6.08. The molecule has 1 unspecified atom stereocenters. The Morgan fingerprint density at radius 2 is 1.85 bits per heavy atom. The molecule has 0 saturated carbocycles. The Hall–Kier alpha value is -3.19. The summed E-state index contributed by atoms with van der Waals surface area (Å²) < 4.78 is 0. The van der Waals surface area contributed by atoms with Crippen molar-refractivity contribution >= 4 is 29.1 Å². The average molecular weight is 465 g/mol. The van der Waals surface area contributed by atoms with Crippen molar-refractivity contribution in [2.45, 2.75) is 53.5 Å². The van der Waals surface area contributed by atoms with Gasteiger partial charge in [-0.25, -0.2) is 0 Å². The molecule has 1 aliphatic heterocycles. The van der Waals surface area contributed by atoms with Gasteiger partial charge in [0, 0.05) is 18.5 Å². The number of anilines is 2. The topological polar surface area (TPSA) is 105 Å². The molecule has 2 aromatic rings. The Kier molecular flexibility index (Phi) is 7.77. The highest BCUT2D eigenvalue weighted by Crippen LogP contribution is 2.39. The van der Waals surface area contributed by atoms with Crippen LogP contribution in [0.5, 0.6) is 0 Å². The van der Waals surface area contributed by atoms with E-state index in [0.717, 1.165) is 11.1 Å². The highest BCUT2D eigenvalue weighted by atomic mass is 16.2. The molecule has 0 bridgehead atoms. The van der Waals surface area contributed by atoms with E-state index in [1.54, 1.807) is 23.1 Å². The van der Waals surface area contributed by atoms with Crippen LogP contribution in [0.3, 0.4) is 0 Å². The Bertz CT molecular complexity index is 1060. The summed E-state index contributed by atoms with van der Waals surface area (Å²) in [6.45, 7) is 10.8. The van der Waals surface area contributed by atoms with E-state index >= 15 is 0 Å². The average Bonchev–Trinajstić information content (AvgIpc) is 2.92. The van der Waals surface area contributed by atoms with Crippen LogP contribution in [0.15, 0.2) is 42.5 Å². The number of nitrogens with one attached hydrogen (secondary N) is 2. The number of fused-ring (bicyclic) bond motifs is 1. The second-order valence-corrected chi connectivity index (χ2v) is 10.3. The summed E-state index contributed by atoms with van der Waals surface area (Å²) in [6, 6.07) is 12.6. The molecule has 7 nitrogen and oxygen atoms in total. The molecule has 182 valence electrons. The zero-order chi connectivity index (χ0) is 25.0. The van der Waals surface area contributed by atoms with Gasteiger partial charge in [0.1, 0.15) is 0 Å². The smallest absolute Gasteiger partial charge is 0.251 e. The highest BCUT2D eigenvalue weighted by molar-refractivity contribution is 6.06. The van der Waals surface area contributed by atoms with Crippen LogP contribution in [-0.4, -0.2) is 30.8 Å². The van der Waals surface area contributed by atoms with Crippen LogP contribution in [0.2, 0.25) is 0 Å². The maximum absolute atomic E-state index is 13.4. The minimum atomic E-state index is -0.432. The molecule has 4 N–H and O–H groups in total. The maximum atomic E-state index is 13.4. The SMILES string of the molecule is Cc1ccc(C2CC(=O)Nc3cc(C(=O)NCC(C)(C)CN)ccc3N2C(=O)CC(C)C)cc1. The standard InChI is InChI=1S/C27H36N4O3/c1-17(2)12-25(33)31-22-11-10-20(26(34)29-16-27(4,5)15-28)13-21(22)30-24(32)14-23(31)19-8-6-18(3)7-9-19/h6-11,13,17,23H,12,14-16,28H2,1-5H3,(H,29,34)(H,30,32).